The van der Waals surface area contributed by atoms with Crippen molar-refractivity contribution in [1.82, 2.24) is 4.98 Å². The van der Waals surface area contributed by atoms with Gasteiger partial charge >= 0.3 is 6.03 Å². The maximum atomic E-state index is 12.7. The molecule has 1 aliphatic rings. The molecule has 7 heteroatoms. The lowest BCUT2D eigenvalue weighted by molar-refractivity contribution is 0.262. The van der Waals surface area contributed by atoms with Crippen LogP contribution in [0.15, 0.2) is 60.7 Å². The molecular weight excluding hydrogens is 436 g/mol. The van der Waals surface area contributed by atoms with Crippen LogP contribution in [-0.4, -0.2) is 35.8 Å². The summed E-state index contributed by atoms with van der Waals surface area (Å²) >= 11 is 6.07. The molecule has 0 aliphatic carbocycles. The number of aromatic nitrogens is 1. The molecule has 2 aromatic carbocycles. The Balaban J connectivity index is 1.48. The average Bonchev–Trinajstić information content (AvgIpc) is 3.36. The summed E-state index contributed by atoms with van der Waals surface area (Å²) in [5, 5.41) is 15.1. The average molecular weight is 461 g/mol. The molecule has 2 heterocycles. The van der Waals surface area contributed by atoms with Crippen molar-refractivity contribution in [1.29, 1.82) is 0 Å². The fraction of sp³-hybridized carbons (Fsp3) is 0.231. The second kappa shape index (κ2) is 10.9. The van der Waals surface area contributed by atoms with E-state index in [2.05, 4.69) is 27.4 Å². The quantitative estimate of drug-likeness (QED) is 0.447. The molecule has 3 N–H and O–H groups in total. The number of aliphatic hydroxyl groups is 1. The number of halogens is 1. The smallest absolute Gasteiger partial charge is 0.323 e. The molecule has 0 spiro atoms. The van der Waals surface area contributed by atoms with Crippen LogP contribution < -0.4 is 15.5 Å². The molecule has 0 saturated carbocycles. The molecule has 3 aromatic rings. The highest BCUT2D eigenvalue weighted by Crippen LogP contribution is 2.25. The van der Waals surface area contributed by atoms with Gasteiger partial charge in [0.15, 0.2) is 0 Å². The van der Waals surface area contributed by atoms with Gasteiger partial charge in [-0.3, -0.25) is 0 Å². The van der Waals surface area contributed by atoms with Crippen molar-refractivity contribution in [2.75, 3.05) is 35.2 Å². The fourth-order valence-electron chi connectivity index (χ4n) is 3.69. The van der Waals surface area contributed by atoms with Crippen molar-refractivity contribution in [2.45, 2.75) is 19.3 Å². The highest BCUT2D eigenvalue weighted by Gasteiger charge is 2.14. The number of urea groups is 1. The number of anilines is 3. The number of hydrogen-bond donors (Lipinski definition) is 3. The number of nitrogens with one attached hydrogen (secondary N) is 2. The molecule has 1 saturated heterocycles. The SMILES string of the molecule is O=C(Nc1cccc(-c2cccc(N3CCCC3)n2)c1)Nc1ccc(Cl)cc1C#CCCO. The van der Waals surface area contributed by atoms with Gasteiger partial charge in [0.2, 0.25) is 0 Å². The number of carbonyl (C=O) groups excluding carboxylic acids is 1. The number of pyridine rings is 1. The van der Waals surface area contributed by atoms with Crippen molar-refractivity contribution in [3.63, 3.8) is 0 Å². The van der Waals surface area contributed by atoms with Gasteiger partial charge in [-0.2, -0.15) is 0 Å². The Morgan fingerprint density at radius 1 is 1.06 bits per heavy atom. The zero-order valence-electron chi connectivity index (χ0n) is 18.1. The summed E-state index contributed by atoms with van der Waals surface area (Å²) in [6, 6.07) is 18.3. The van der Waals surface area contributed by atoms with Crippen LogP contribution in [0.25, 0.3) is 11.3 Å². The van der Waals surface area contributed by atoms with E-state index in [0.29, 0.717) is 28.4 Å². The topological polar surface area (TPSA) is 77.5 Å². The summed E-state index contributed by atoms with van der Waals surface area (Å²) in [5.74, 6) is 6.77. The molecule has 0 bridgehead atoms. The van der Waals surface area contributed by atoms with Crippen LogP contribution in [0.2, 0.25) is 5.02 Å². The van der Waals surface area contributed by atoms with Gasteiger partial charge in [-0.1, -0.05) is 41.6 Å². The zero-order valence-corrected chi connectivity index (χ0v) is 18.9. The maximum absolute atomic E-state index is 12.7. The molecule has 6 nitrogen and oxygen atoms in total. The number of hydrogen-bond acceptors (Lipinski definition) is 4. The summed E-state index contributed by atoms with van der Waals surface area (Å²) in [7, 11) is 0. The van der Waals surface area contributed by atoms with Crippen molar-refractivity contribution >= 4 is 34.8 Å². The number of benzene rings is 2. The third kappa shape index (κ3) is 6.04. The summed E-state index contributed by atoms with van der Waals surface area (Å²) in [4.78, 5) is 19.8. The van der Waals surface area contributed by atoms with E-state index in [4.69, 9.17) is 21.7 Å². The van der Waals surface area contributed by atoms with E-state index in [-0.39, 0.29) is 6.61 Å². The second-order valence-corrected chi connectivity index (χ2v) is 8.14. The molecule has 0 unspecified atom stereocenters. The molecule has 4 rings (SSSR count). The lowest BCUT2D eigenvalue weighted by Gasteiger charge is -2.17. The first kappa shape index (κ1) is 22.7. The van der Waals surface area contributed by atoms with E-state index >= 15 is 0 Å². The normalized spacial score (nSPS) is 12.7. The Labute approximate surface area is 198 Å². The third-order valence-corrected chi connectivity index (χ3v) is 5.51. The van der Waals surface area contributed by atoms with E-state index < -0.39 is 6.03 Å². The Morgan fingerprint density at radius 3 is 2.70 bits per heavy atom. The Morgan fingerprint density at radius 2 is 1.88 bits per heavy atom. The molecule has 168 valence electrons. The van der Waals surface area contributed by atoms with Gasteiger partial charge in [-0.15, -0.1) is 0 Å². The first-order chi connectivity index (χ1) is 16.1. The number of rotatable bonds is 5. The van der Waals surface area contributed by atoms with Crippen molar-refractivity contribution < 1.29 is 9.90 Å². The molecule has 33 heavy (non-hydrogen) atoms. The summed E-state index contributed by atoms with van der Waals surface area (Å²) < 4.78 is 0. The number of carbonyl (C=O) groups is 1. The van der Waals surface area contributed by atoms with Gasteiger partial charge in [0.1, 0.15) is 5.82 Å². The highest BCUT2D eigenvalue weighted by molar-refractivity contribution is 6.30. The standard InChI is InChI=1S/C26H25ClN4O2/c27-21-12-13-24(19(17-21)7-1-4-16-32)30-26(33)28-22-9-5-8-20(18-22)23-10-6-11-25(29-23)31-14-2-3-15-31/h5-6,8-13,17-18,32H,2-4,14-16H2,(H2,28,30,33). The van der Waals surface area contributed by atoms with Crippen LogP contribution in [0, 0.1) is 11.8 Å². The van der Waals surface area contributed by atoms with E-state index in [1.165, 1.54) is 12.8 Å². The van der Waals surface area contributed by atoms with Gasteiger partial charge in [0.05, 0.1) is 18.0 Å². The minimum Gasteiger partial charge on any atom is -0.395 e. The van der Waals surface area contributed by atoms with E-state index in [1.807, 2.05) is 42.5 Å². The third-order valence-electron chi connectivity index (χ3n) is 5.27. The lowest BCUT2D eigenvalue weighted by Crippen LogP contribution is -2.20. The molecule has 1 fully saturated rings. The van der Waals surface area contributed by atoms with E-state index in [1.54, 1.807) is 18.2 Å². The minimum absolute atomic E-state index is 0.0249. The van der Waals surface area contributed by atoms with Crippen LogP contribution in [0.4, 0.5) is 22.0 Å². The van der Waals surface area contributed by atoms with Gasteiger partial charge < -0.3 is 20.6 Å². The van der Waals surface area contributed by atoms with Crippen LogP contribution in [-0.2, 0) is 0 Å². The summed E-state index contributed by atoms with van der Waals surface area (Å²) in [5.41, 5.74) is 3.57. The van der Waals surface area contributed by atoms with Crippen molar-refractivity contribution in [3.8, 4) is 23.1 Å². The van der Waals surface area contributed by atoms with Crippen molar-refractivity contribution in [3.05, 3.63) is 71.2 Å². The largest absolute Gasteiger partial charge is 0.395 e. The Bertz CT molecular complexity index is 1200. The first-order valence-electron chi connectivity index (χ1n) is 10.9. The molecule has 2 amide bonds. The van der Waals surface area contributed by atoms with Crippen LogP contribution in [0.1, 0.15) is 24.8 Å². The van der Waals surface area contributed by atoms with Crippen LogP contribution in [0.3, 0.4) is 0 Å². The van der Waals surface area contributed by atoms with Crippen LogP contribution in [0.5, 0.6) is 0 Å². The van der Waals surface area contributed by atoms with Gasteiger partial charge in [0, 0.05) is 41.3 Å². The predicted octanol–water partition coefficient (Wildman–Crippen LogP) is 5.38. The zero-order chi connectivity index (χ0) is 23.0. The number of nitrogens with zero attached hydrogens (tertiary/aromatic N) is 2. The van der Waals surface area contributed by atoms with Gasteiger partial charge in [-0.25, -0.2) is 9.78 Å². The minimum atomic E-state index is -0.390. The predicted molar refractivity (Wildman–Crippen MR) is 134 cm³/mol. The second-order valence-electron chi connectivity index (χ2n) is 7.70. The summed E-state index contributed by atoms with van der Waals surface area (Å²) in [6.45, 7) is 2.05. The van der Waals surface area contributed by atoms with Gasteiger partial charge in [-0.05, 0) is 55.3 Å². The number of aliphatic hydroxyl groups excluding tert-OH is 1. The molecule has 0 atom stereocenters. The monoisotopic (exact) mass is 460 g/mol. The fourth-order valence-corrected chi connectivity index (χ4v) is 3.86. The van der Waals surface area contributed by atoms with E-state index in [0.717, 1.165) is 30.2 Å². The Hall–Kier alpha value is -3.53. The van der Waals surface area contributed by atoms with Gasteiger partial charge in [0.25, 0.3) is 0 Å². The molecular formula is C26H25ClN4O2. The maximum Gasteiger partial charge on any atom is 0.323 e. The number of amides is 2. The molecule has 0 radical (unpaired) electrons. The van der Waals surface area contributed by atoms with Crippen LogP contribution >= 0.6 is 11.6 Å². The highest BCUT2D eigenvalue weighted by atomic mass is 35.5. The first-order valence-corrected chi connectivity index (χ1v) is 11.3. The molecule has 1 aliphatic heterocycles. The Kier molecular flexibility index (Phi) is 7.46. The van der Waals surface area contributed by atoms with E-state index in [9.17, 15) is 4.79 Å². The van der Waals surface area contributed by atoms with Crippen molar-refractivity contribution in [2.24, 2.45) is 0 Å². The summed E-state index contributed by atoms with van der Waals surface area (Å²) in [6.07, 6.45) is 2.74. The molecule has 1 aromatic heterocycles. The lowest BCUT2D eigenvalue weighted by atomic mass is 10.1.